The highest BCUT2D eigenvalue weighted by molar-refractivity contribution is 4.70. The summed E-state index contributed by atoms with van der Waals surface area (Å²) in [5.41, 5.74) is 5.38. The van der Waals surface area contributed by atoms with Gasteiger partial charge in [-0.15, -0.1) is 0 Å². The van der Waals surface area contributed by atoms with Gasteiger partial charge in [0.25, 0.3) is 0 Å². The van der Waals surface area contributed by atoms with Gasteiger partial charge in [-0.2, -0.15) is 0 Å². The first-order chi connectivity index (χ1) is 6.72. The van der Waals surface area contributed by atoms with Gasteiger partial charge in [-0.05, 0) is 32.2 Å². The van der Waals surface area contributed by atoms with Crippen molar-refractivity contribution in [3.8, 4) is 0 Å². The van der Waals surface area contributed by atoms with Crippen LogP contribution in [-0.4, -0.2) is 41.8 Å². The molecular weight excluding hydrogens is 176 g/mol. The minimum Gasteiger partial charge on any atom is -0.393 e. The third-order valence-electron chi connectivity index (χ3n) is 3.15. The lowest BCUT2D eigenvalue weighted by atomic mass is 9.95. The predicted molar refractivity (Wildman–Crippen MR) is 59.2 cm³/mol. The molecule has 2 rings (SSSR count). The molecule has 1 aliphatic heterocycles. The summed E-state index contributed by atoms with van der Waals surface area (Å²) < 4.78 is 0. The number of aliphatic hydroxyl groups excluding tert-OH is 1. The van der Waals surface area contributed by atoms with E-state index in [4.69, 9.17) is 10.8 Å². The summed E-state index contributed by atoms with van der Waals surface area (Å²) in [7, 11) is 0. The molecule has 0 aromatic rings. The van der Waals surface area contributed by atoms with Crippen LogP contribution in [0, 0.1) is 0 Å². The molecule has 0 amide bonds. The molecule has 0 atom stereocenters. The topological polar surface area (TPSA) is 49.5 Å². The van der Waals surface area contributed by atoms with E-state index in [9.17, 15) is 0 Å². The van der Waals surface area contributed by atoms with Crippen molar-refractivity contribution in [1.82, 2.24) is 4.90 Å². The quantitative estimate of drug-likeness (QED) is 0.663. The first-order valence-electron chi connectivity index (χ1n) is 5.88. The van der Waals surface area contributed by atoms with Crippen LogP contribution >= 0.6 is 0 Å². The van der Waals surface area contributed by atoms with E-state index < -0.39 is 0 Å². The molecule has 2 fully saturated rings. The van der Waals surface area contributed by atoms with E-state index in [0.29, 0.717) is 6.04 Å². The highest BCUT2D eigenvalue weighted by Gasteiger charge is 2.14. The Kier molecular flexibility index (Phi) is 5.45. The summed E-state index contributed by atoms with van der Waals surface area (Å²) in [4.78, 5) is 2.37. The van der Waals surface area contributed by atoms with Gasteiger partial charge in [0.05, 0.1) is 6.10 Å². The largest absolute Gasteiger partial charge is 0.393 e. The lowest BCUT2D eigenvalue weighted by molar-refractivity contribution is 0.0852. The third kappa shape index (κ3) is 4.40. The maximum absolute atomic E-state index is 9.10. The molecule has 1 saturated carbocycles. The number of piperidine rings is 1. The summed E-state index contributed by atoms with van der Waals surface area (Å²) >= 11 is 0. The van der Waals surface area contributed by atoms with Crippen molar-refractivity contribution in [2.45, 2.75) is 51.2 Å². The Morgan fingerprint density at radius 2 is 1.71 bits per heavy atom. The minimum atomic E-state index is -0.0206. The van der Waals surface area contributed by atoms with E-state index in [2.05, 4.69) is 11.8 Å². The molecule has 84 valence electrons. The average molecular weight is 200 g/mol. The average Bonchev–Trinajstić information content (AvgIpc) is 2.17. The molecule has 0 radical (unpaired) electrons. The summed E-state index contributed by atoms with van der Waals surface area (Å²) in [6, 6.07) is 0.565. The van der Waals surface area contributed by atoms with Crippen molar-refractivity contribution in [2.24, 2.45) is 5.73 Å². The van der Waals surface area contributed by atoms with Crippen LogP contribution in [0.5, 0.6) is 0 Å². The minimum absolute atomic E-state index is 0.0206. The number of likely N-dealkylation sites (tertiary alicyclic amines) is 1. The Balaban J connectivity index is 0.000000165. The fourth-order valence-electron chi connectivity index (χ4n) is 1.68. The van der Waals surface area contributed by atoms with Crippen molar-refractivity contribution in [3.05, 3.63) is 0 Å². The molecule has 0 unspecified atom stereocenters. The lowest BCUT2D eigenvalue weighted by Gasteiger charge is -2.27. The molecule has 3 heteroatoms. The van der Waals surface area contributed by atoms with Crippen LogP contribution in [0.25, 0.3) is 0 Å². The fourth-order valence-corrected chi connectivity index (χ4v) is 1.68. The molecule has 3 nitrogen and oxygen atoms in total. The molecule has 0 aromatic carbocycles. The Morgan fingerprint density at radius 3 is 2.00 bits per heavy atom. The maximum Gasteiger partial charge on any atom is 0.0564 e. The highest BCUT2D eigenvalue weighted by atomic mass is 16.3. The predicted octanol–water partition coefficient (Wildman–Crippen LogP) is 0.961. The van der Waals surface area contributed by atoms with Crippen LogP contribution in [0.4, 0.5) is 0 Å². The van der Waals surface area contributed by atoms with Crippen molar-refractivity contribution >= 4 is 0 Å². The van der Waals surface area contributed by atoms with Gasteiger partial charge in [-0.3, -0.25) is 0 Å². The van der Waals surface area contributed by atoms with Crippen molar-refractivity contribution in [3.63, 3.8) is 0 Å². The highest BCUT2D eigenvalue weighted by Crippen LogP contribution is 2.14. The second-order valence-corrected chi connectivity index (χ2v) is 4.36. The molecule has 0 bridgehead atoms. The van der Waals surface area contributed by atoms with E-state index in [1.165, 1.54) is 19.3 Å². The molecule has 0 aromatic heterocycles. The second-order valence-electron chi connectivity index (χ2n) is 4.36. The van der Waals surface area contributed by atoms with Gasteiger partial charge in [0.15, 0.2) is 0 Å². The van der Waals surface area contributed by atoms with E-state index in [1.807, 2.05) is 0 Å². The molecule has 0 spiro atoms. The van der Waals surface area contributed by atoms with Crippen molar-refractivity contribution < 1.29 is 5.11 Å². The zero-order chi connectivity index (χ0) is 10.4. The molecular formula is C11H24N2O. The van der Waals surface area contributed by atoms with Gasteiger partial charge in [0.1, 0.15) is 0 Å². The zero-order valence-electron chi connectivity index (χ0n) is 9.28. The van der Waals surface area contributed by atoms with E-state index in [-0.39, 0.29) is 6.10 Å². The molecule has 14 heavy (non-hydrogen) atoms. The van der Waals surface area contributed by atoms with Crippen molar-refractivity contribution in [2.75, 3.05) is 19.6 Å². The number of nitrogens with zero attached hydrogens (tertiary/aromatic N) is 1. The van der Waals surface area contributed by atoms with Gasteiger partial charge in [-0.25, -0.2) is 0 Å². The second kappa shape index (κ2) is 6.38. The van der Waals surface area contributed by atoms with Crippen LogP contribution < -0.4 is 5.73 Å². The SMILES string of the molecule is CCN1CCC(O)CC1.NC1CCC1. The first-order valence-corrected chi connectivity index (χ1v) is 5.88. The van der Waals surface area contributed by atoms with E-state index >= 15 is 0 Å². The Morgan fingerprint density at radius 1 is 1.21 bits per heavy atom. The number of nitrogens with two attached hydrogens (primary N) is 1. The molecule has 1 saturated heterocycles. The summed E-state index contributed by atoms with van der Waals surface area (Å²) in [5.74, 6) is 0. The third-order valence-corrected chi connectivity index (χ3v) is 3.15. The lowest BCUT2D eigenvalue weighted by Crippen LogP contribution is -2.35. The maximum atomic E-state index is 9.10. The monoisotopic (exact) mass is 200 g/mol. The normalized spacial score (nSPS) is 25.1. The molecule has 2 aliphatic rings. The van der Waals surface area contributed by atoms with E-state index in [1.54, 1.807) is 0 Å². The Labute approximate surface area is 87.3 Å². The zero-order valence-corrected chi connectivity index (χ0v) is 9.28. The number of rotatable bonds is 1. The number of aliphatic hydroxyl groups is 1. The molecule has 1 heterocycles. The summed E-state index contributed by atoms with van der Waals surface area (Å²) in [5, 5.41) is 9.10. The van der Waals surface area contributed by atoms with Gasteiger partial charge in [-0.1, -0.05) is 13.3 Å². The Bertz CT molecular complexity index is 140. The molecule has 3 N–H and O–H groups in total. The molecule has 1 aliphatic carbocycles. The van der Waals surface area contributed by atoms with Crippen LogP contribution in [0.2, 0.25) is 0 Å². The van der Waals surface area contributed by atoms with Gasteiger partial charge in [0, 0.05) is 19.1 Å². The number of hydrogen-bond acceptors (Lipinski definition) is 3. The van der Waals surface area contributed by atoms with Crippen LogP contribution in [0.15, 0.2) is 0 Å². The number of hydrogen-bond donors (Lipinski definition) is 2. The smallest absolute Gasteiger partial charge is 0.0564 e. The van der Waals surface area contributed by atoms with Gasteiger partial charge in [0.2, 0.25) is 0 Å². The Hall–Kier alpha value is -0.120. The van der Waals surface area contributed by atoms with Gasteiger partial charge < -0.3 is 15.7 Å². The van der Waals surface area contributed by atoms with Crippen molar-refractivity contribution in [1.29, 1.82) is 0 Å². The first kappa shape index (κ1) is 12.0. The van der Waals surface area contributed by atoms with E-state index in [0.717, 1.165) is 32.5 Å². The fraction of sp³-hybridized carbons (Fsp3) is 1.00. The standard InChI is InChI=1S/C7H15NO.C4H9N/c1-2-8-5-3-7(9)4-6-8;5-4-2-1-3-4/h7,9H,2-6H2,1H3;4H,1-3,5H2. The van der Waals surface area contributed by atoms with Gasteiger partial charge >= 0.3 is 0 Å². The van der Waals surface area contributed by atoms with Crippen LogP contribution in [0.3, 0.4) is 0 Å². The van der Waals surface area contributed by atoms with Crippen LogP contribution in [0.1, 0.15) is 39.0 Å². The van der Waals surface area contributed by atoms with Crippen LogP contribution in [-0.2, 0) is 0 Å². The summed E-state index contributed by atoms with van der Waals surface area (Å²) in [6.07, 6.45) is 5.80. The summed E-state index contributed by atoms with van der Waals surface area (Å²) in [6.45, 7) is 5.46.